The van der Waals surface area contributed by atoms with E-state index in [0.29, 0.717) is 5.92 Å². The number of sulfonamides is 1. The standard InChI is InChI=1S/C14H18N2O2S2/c1-10(2)14(13-4-3-9-19-13)16-11-5-7-12(8-6-11)20(15,17)18/h3-10,14,16H,1-2H3,(H2,15,17,18). The fourth-order valence-corrected chi connectivity index (χ4v) is 3.42. The molecule has 0 spiro atoms. The molecule has 2 rings (SSSR count). The molecule has 4 nitrogen and oxygen atoms in total. The van der Waals surface area contributed by atoms with Crippen molar-refractivity contribution in [2.75, 3.05) is 5.32 Å². The van der Waals surface area contributed by atoms with Crippen LogP contribution < -0.4 is 10.5 Å². The van der Waals surface area contributed by atoms with Crippen LogP contribution >= 0.6 is 11.3 Å². The van der Waals surface area contributed by atoms with Gasteiger partial charge in [0.05, 0.1) is 10.9 Å². The van der Waals surface area contributed by atoms with E-state index < -0.39 is 10.0 Å². The van der Waals surface area contributed by atoms with Crippen LogP contribution in [0.4, 0.5) is 5.69 Å². The van der Waals surface area contributed by atoms with Gasteiger partial charge in [-0.2, -0.15) is 0 Å². The van der Waals surface area contributed by atoms with Crippen molar-refractivity contribution in [3.63, 3.8) is 0 Å². The Hall–Kier alpha value is -1.37. The van der Waals surface area contributed by atoms with Crippen molar-refractivity contribution in [3.8, 4) is 0 Å². The molecule has 0 aliphatic carbocycles. The molecule has 0 aliphatic rings. The molecule has 3 N–H and O–H groups in total. The zero-order valence-electron chi connectivity index (χ0n) is 11.4. The van der Waals surface area contributed by atoms with Crippen LogP contribution in [0.5, 0.6) is 0 Å². The van der Waals surface area contributed by atoms with Gasteiger partial charge in [0.15, 0.2) is 0 Å². The van der Waals surface area contributed by atoms with E-state index >= 15 is 0 Å². The van der Waals surface area contributed by atoms with Crippen LogP contribution in [0.2, 0.25) is 0 Å². The maximum absolute atomic E-state index is 11.2. The molecule has 1 aromatic carbocycles. The average molecular weight is 310 g/mol. The Morgan fingerprint density at radius 1 is 1.15 bits per heavy atom. The molecule has 0 aliphatic heterocycles. The first kappa shape index (κ1) is 15.0. The van der Waals surface area contributed by atoms with E-state index in [4.69, 9.17) is 5.14 Å². The van der Waals surface area contributed by atoms with Crippen LogP contribution in [-0.2, 0) is 10.0 Å². The van der Waals surface area contributed by atoms with Gasteiger partial charge < -0.3 is 5.32 Å². The highest BCUT2D eigenvalue weighted by molar-refractivity contribution is 7.89. The van der Waals surface area contributed by atoms with Gasteiger partial charge >= 0.3 is 0 Å². The molecule has 0 saturated carbocycles. The van der Waals surface area contributed by atoms with E-state index in [1.54, 1.807) is 23.5 Å². The molecule has 0 radical (unpaired) electrons. The van der Waals surface area contributed by atoms with Crippen LogP contribution in [0.15, 0.2) is 46.7 Å². The van der Waals surface area contributed by atoms with E-state index in [2.05, 4.69) is 30.6 Å². The van der Waals surface area contributed by atoms with Crippen LogP contribution in [0, 0.1) is 5.92 Å². The van der Waals surface area contributed by atoms with Crippen molar-refractivity contribution >= 4 is 27.0 Å². The summed E-state index contributed by atoms with van der Waals surface area (Å²) < 4.78 is 22.4. The van der Waals surface area contributed by atoms with Gasteiger partial charge in [-0.1, -0.05) is 19.9 Å². The third-order valence-electron chi connectivity index (χ3n) is 3.02. The van der Waals surface area contributed by atoms with Crippen molar-refractivity contribution in [1.29, 1.82) is 0 Å². The molecule has 20 heavy (non-hydrogen) atoms. The number of anilines is 1. The molecule has 2 aromatic rings. The molecule has 108 valence electrons. The molecule has 1 atom stereocenters. The summed E-state index contributed by atoms with van der Waals surface area (Å²) in [7, 11) is -3.63. The number of rotatable bonds is 5. The first-order chi connectivity index (χ1) is 9.38. The highest BCUT2D eigenvalue weighted by atomic mass is 32.2. The molecule has 0 saturated heterocycles. The lowest BCUT2D eigenvalue weighted by atomic mass is 10.0. The normalized spacial score (nSPS) is 13.4. The quantitative estimate of drug-likeness (QED) is 0.890. The monoisotopic (exact) mass is 310 g/mol. The van der Waals surface area contributed by atoms with Gasteiger partial charge in [-0.25, -0.2) is 13.6 Å². The van der Waals surface area contributed by atoms with E-state index in [0.717, 1.165) is 5.69 Å². The van der Waals surface area contributed by atoms with Crippen molar-refractivity contribution in [1.82, 2.24) is 0 Å². The number of benzene rings is 1. The fourth-order valence-electron chi connectivity index (χ4n) is 1.95. The highest BCUT2D eigenvalue weighted by Crippen LogP contribution is 2.29. The molecular formula is C14H18N2O2S2. The topological polar surface area (TPSA) is 72.2 Å². The summed E-state index contributed by atoms with van der Waals surface area (Å²) in [6.07, 6.45) is 0. The zero-order chi connectivity index (χ0) is 14.8. The third-order valence-corrected chi connectivity index (χ3v) is 4.91. The van der Waals surface area contributed by atoms with E-state index in [9.17, 15) is 8.42 Å². The summed E-state index contributed by atoms with van der Waals surface area (Å²) in [5.74, 6) is 0.423. The lowest BCUT2D eigenvalue weighted by molar-refractivity contribution is 0.554. The minimum atomic E-state index is -3.63. The maximum atomic E-state index is 11.2. The number of primary sulfonamides is 1. The lowest BCUT2D eigenvalue weighted by Gasteiger charge is -2.22. The number of thiophene rings is 1. The SMILES string of the molecule is CC(C)C(Nc1ccc(S(N)(=O)=O)cc1)c1cccs1. The minimum Gasteiger partial charge on any atom is -0.377 e. The summed E-state index contributed by atoms with van der Waals surface area (Å²) >= 11 is 1.71. The van der Waals surface area contributed by atoms with Crippen LogP contribution in [0.1, 0.15) is 24.8 Å². The van der Waals surface area contributed by atoms with Gasteiger partial charge in [-0.15, -0.1) is 11.3 Å². The molecule has 0 bridgehead atoms. The first-order valence-corrected chi connectivity index (χ1v) is 8.73. The Morgan fingerprint density at radius 2 is 1.80 bits per heavy atom. The average Bonchev–Trinajstić information content (AvgIpc) is 2.88. The lowest BCUT2D eigenvalue weighted by Crippen LogP contribution is -2.16. The van der Waals surface area contributed by atoms with Gasteiger partial charge in [0.25, 0.3) is 0 Å². The van der Waals surface area contributed by atoms with Gasteiger partial charge in [0, 0.05) is 10.6 Å². The van der Waals surface area contributed by atoms with E-state index in [-0.39, 0.29) is 10.9 Å². The summed E-state index contributed by atoms with van der Waals surface area (Å²) in [5.41, 5.74) is 0.879. The summed E-state index contributed by atoms with van der Waals surface area (Å²) in [4.78, 5) is 1.38. The van der Waals surface area contributed by atoms with Gasteiger partial charge in [0.1, 0.15) is 0 Å². The smallest absolute Gasteiger partial charge is 0.238 e. The van der Waals surface area contributed by atoms with Gasteiger partial charge in [-0.3, -0.25) is 0 Å². The number of hydrogen-bond donors (Lipinski definition) is 2. The molecule has 1 unspecified atom stereocenters. The van der Waals surface area contributed by atoms with E-state index in [1.807, 2.05) is 6.07 Å². The summed E-state index contributed by atoms with van der Waals surface area (Å²) in [6.45, 7) is 4.30. The molecule has 1 aromatic heterocycles. The number of nitrogens with two attached hydrogens (primary N) is 1. The maximum Gasteiger partial charge on any atom is 0.238 e. The fraction of sp³-hybridized carbons (Fsp3) is 0.286. The molecule has 1 heterocycles. The molecule has 0 fully saturated rings. The molecule has 0 amide bonds. The second kappa shape index (κ2) is 5.95. The van der Waals surface area contributed by atoms with Crippen LogP contribution in [-0.4, -0.2) is 8.42 Å². The zero-order valence-corrected chi connectivity index (χ0v) is 13.0. The predicted molar refractivity (Wildman–Crippen MR) is 83.3 cm³/mol. The van der Waals surface area contributed by atoms with Crippen molar-refractivity contribution in [2.45, 2.75) is 24.8 Å². The highest BCUT2D eigenvalue weighted by Gasteiger charge is 2.16. The Bertz CT molecular complexity index is 647. The van der Waals surface area contributed by atoms with E-state index in [1.165, 1.54) is 17.0 Å². The number of hydrogen-bond acceptors (Lipinski definition) is 4. The first-order valence-electron chi connectivity index (χ1n) is 6.31. The summed E-state index contributed by atoms with van der Waals surface area (Å²) in [6, 6.07) is 10.8. The van der Waals surface area contributed by atoms with Crippen molar-refractivity contribution in [3.05, 3.63) is 46.7 Å². The summed E-state index contributed by atoms with van der Waals surface area (Å²) in [5, 5.41) is 10.6. The number of nitrogens with one attached hydrogen (secondary N) is 1. The Kier molecular flexibility index (Phi) is 4.47. The Morgan fingerprint density at radius 3 is 2.25 bits per heavy atom. The minimum absolute atomic E-state index is 0.125. The van der Waals surface area contributed by atoms with Crippen LogP contribution in [0.25, 0.3) is 0 Å². The Labute approximate surface area is 123 Å². The largest absolute Gasteiger partial charge is 0.377 e. The molecule has 6 heteroatoms. The van der Waals surface area contributed by atoms with Gasteiger partial charge in [0.2, 0.25) is 10.0 Å². The van der Waals surface area contributed by atoms with Crippen LogP contribution in [0.3, 0.4) is 0 Å². The second-order valence-corrected chi connectivity index (χ2v) is 7.49. The van der Waals surface area contributed by atoms with Crippen molar-refractivity contribution in [2.24, 2.45) is 11.1 Å². The second-order valence-electron chi connectivity index (χ2n) is 4.95. The molecular weight excluding hydrogens is 292 g/mol. The third kappa shape index (κ3) is 3.59. The van der Waals surface area contributed by atoms with Crippen molar-refractivity contribution < 1.29 is 8.42 Å². The Balaban J connectivity index is 2.20. The van der Waals surface area contributed by atoms with Gasteiger partial charge in [-0.05, 0) is 41.6 Å². The predicted octanol–water partition coefficient (Wildman–Crippen LogP) is 3.20.